The lowest BCUT2D eigenvalue weighted by atomic mass is 10.0. The highest BCUT2D eigenvalue weighted by atomic mass is 32.1. The Morgan fingerprint density at radius 2 is 1.88 bits per heavy atom. The molecule has 8 heteroatoms. The van der Waals surface area contributed by atoms with Crippen LogP contribution >= 0.6 is 22.7 Å². The third kappa shape index (κ3) is 5.11. The number of nitrogens with one attached hydrogen (secondary N) is 1. The van der Waals surface area contributed by atoms with Crippen molar-refractivity contribution in [2.24, 2.45) is 0 Å². The minimum Gasteiger partial charge on any atom is -0.374 e. The normalized spacial score (nSPS) is 19.3. The van der Waals surface area contributed by atoms with E-state index in [1.165, 1.54) is 20.7 Å². The molecule has 1 aromatic carbocycles. The van der Waals surface area contributed by atoms with E-state index < -0.39 is 6.23 Å². The Hall–Kier alpha value is -1.55. The van der Waals surface area contributed by atoms with Crippen LogP contribution in [0.3, 0.4) is 0 Å². The molecular weight excluding hydrogens is 450 g/mol. The first-order valence-electron chi connectivity index (χ1n) is 12.1. The lowest BCUT2D eigenvalue weighted by molar-refractivity contribution is 0.123. The number of fused-ring (bicyclic) bond motifs is 2. The zero-order valence-corrected chi connectivity index (χ0v) is 21.5. The van der Waals surface area contributed by atoms with Crippen LogP contribution in [-0.2, 0) is 13.0 Å². The molecule has 0 radical (unpaired) electrons. The number of aliphatic hydroxyl groups is 1. The van der Waals surface area contributed by atoms with E-state index in [1.807, 2.05) is 11.3 Å². The van der Waals surface area contributed by atoms with Crippen molar-refractivity contribution in [2.75, 3.05) is 51.6 Å². The molecule has 2 N–H and O–H groups in total. The molecule has 0 amide bonds. The number of aliphatic hydroxyl groups excluding tert-OH is 1. The molecule has 1 fully saturated rings. The Morgan fingerprint density at radius 1 is 1.09 bits per heavy atom. The molecule has 178 valence electrons. The van der Waals surface area contributed by atoms with Crippen LogP contribution in [0.1, 0.15) is 30.7 Å². The van der Waals surface area contributed by atoms with E-state index in [0.29, 0.717) is 6.04 Å². The number of hydrogen-bond donors (Lipinski definition) is 2. The second kappa shape index (κ2) is 9.98. The van der Waals surface area contributed by atoms with E-state index in [-0.39, 0.29) is 0 Å². The average molecular weight is 486 g/mol. The van der Waals surface area contributed by atoms with Crippen molar-refractivity contribution >= 4 is 37.9 Å². The fraction of sp³-hybridized carbons (Fsp3) is 0.560. The summed E-state index contributed by atoms with van der Waals surface area (Å²) in [6, 6.07) is 8.91. The molecule has 0 spiro atoms. The van der Waals surface area contributed by atoms with E-state index in [9.17, 15) is 5.11 Å². The van der Waals surface area contributed by atoms with Crippen LogP contribution in [0.2, 0.25) is 0 Å². The SMILES string of the molecule is CC(C)N1CCc2c(sc(NC(O)CCN3CCN(C)CC3)c2-c2nc3ccccc3s2)C1. The third-order valence-corrected chi connectivity index (χ3v) is 9.14. The minimum absolute atomic E-state index is 0.539. The molecule has 0 saturated carbocycles. The number of benzene rings is 1. The monoisotopic (exact) mass is 485 g/mol. The van der Waals surface area contributed by atoms with Crippen molar-refractivity contribution in [1.82, 2.24) is 19.7 Å². The Balaban J connectivity index is 1.38. The van der Waals surface area contributed by atoms with Crippen molar-refractivity contribution in [3.63, 3.8) is 0 Å². The molecule has 1 saturated heterocycles. The summed E-state index contributed by atoms with van der Waals surface area (Å²) in [7, 11) is 2.18. The van der Waals surface area contributed by atoms with Gasteiger partial charge in [-0.2, -0.15) is 0 Å². The molecule has 1 atom stereocenters. The molecule has 2 aliphatic rings. The predicted molar refractivity (Wildman–Crippen MR) is 140 cm³/mol. The van der Waals surface area contributed by atoms with Gasteiger partial charge in [0.2, 0.25) is 0 Å². The molecule has 3 aromatic rings. The van der Waals surface area contributed by atoms with Crippen molar-refractivity contribution in [2.45, 2.75) is 45.5 Å². The van der Waals surface area contributed by atoms with Crippen LogP contribution in [0.15, 0.2) is 24.3 Å². The van der Waals surface area contributed by atoms with Crippen molar-refractivity contribution < 1.29 is 5.11 Å². The second-order valence-corrected chi connectivity index (χ2v) is 11.7. The van der Waals surface area contributed by atoms with Gasteiger partial charge in [0, 0.05) is 68.7 Å². The highest BCUT2D eigenvalue weighted by molar-refractivity contribution is 7.22. The zero-order chi connectivity index (χ0) is 22.9. The quantitative estimate of drug-likeness (QED) is 0.490. The van der Waals surface area contributed by atoms with E-state index in [2.05, 4.69) is 65.2 Å². The number of hydrogen-bond acceptors (Lipinski definition) is 8. The van der Waals surface area contributed by atoms with E-state index >= 15 is 0 Å². The number of thiazole rings is 1. The summed E-state index contributed by atoms with van der Waals surface area (Å²) in [6.07, 6.45) is 1.21. The Labute approximate surface area is 204 Å². The highest BCUT2D eigenvalue weighted by Crippen LogP contribution is 2.46. The van der Waals surface area contributed by atoms with Gasteiger partial charge in [-0.25, -0.2) is 4.98 Å². The van der Waals surface area contributed by atoms with E-state index in [1.54, 1.807) is 11.3 Å². The van der Waals surface area contributed by atoms with Gasteiger partial charge in [-0.3, -0.25) is 4.90 Å². The second-order valence-electron chi connectivity index (χ2n) is 9.60. The number of para-hydroxylation sites is 1. The van der Waals surface area contributed by atoms with Gasteiger partial charge >= 0.3 is 0 Å². The number of thiophene rings is 1. The Kier molecular flexibility index (Phi) is 7.02. The van der Waals surface area contributed by atoms with Crippen LogP contribution in [0.25, 0.3) is 20.8 Å². The molecular formula is C25H35N5OS2. The Morgan fingerprint density at radius 3 is 2.64 bits per heavy atom. The van der Waals surface area contributed by atoms with Crippen LogP contribution in [0.5, 0.6) is 0 Å². The topological polar surface area (TPSA) is 54.9 Å². The maximum absolute atomic E-state index is 10.9. The summed E-state index contributed by atoms with van der Waals surface area (Å²) in [6.45, 7) is 11.9. The van der Waals surface area contributed by atoms with Gasteiger partial charge in [0.1, 0.15) is 16.2 Å². The fourth-order valence-corrected chi connectivity index (χ4v) is 7.20. The van der Waals surface area contributed by atoms with Crippen LogP contribution in [-0.4, -0.2) is 83.4 Å². The van der Waals surface area contributed by atoms with Gasteiger partial charge in [-0.05, 0) is 45.0 Å². The zero-order valence-electron chi connectivity index (χ0n) is 19.9. The summed E-state index contributed by atoms with van der Waals surface area (Å²) in [5.41, 5.74) is 3.70. The first-order chi connectivity index (χ1) is 16.0. The van der Waals surface area contributed by atoms with Gasteiger partial charge in [0.25, 0.3) is 0 Å². The summed E-state index contributed by atoms with van der Waals surface area (Å²) < 4.78 is 1.22. The van der Waals surface area contributed by atoms with Gasteiger partial charge in [-0.1, -0.05) is 12.1 Å². The molecule has 6 nitrogen and oxygen atoms in total. The lowest BCUT2D eigenvalue weighted by Crippen LogP contribution is -2.45. The van der Waals surface area contributed by atoms with Crippen LogP contribution in [0, 0.1) is 0 Å². The molecule has 1 unspecified atom stereocenters. The van der Waals surface area contributed by atoms with Crippen LogP contribution < -0.4 is 5.32 Å². The van der Waals surface area contributed by atoms with Crippen molar-refractivity contribution in [3.8, 4) is 10.6 Å². The van der Waals surface area contributed by atoms with Crippen molar-refractivity contribution in [3.05, 3.63) is 34.7 Å². The number of piperazine rings is 1. The number of aromatic nitrogens is 1. The summed E-state index contributed by atoms with van der Waals surface area (Å²) >= 11 is 3.57. The first kappa shape index (κ1) is 23.2. The predicted octanol–water partition coefficient (Wildman–Crippen LogP) is 4.16. The average Bonchev–Trinajstić information content (AvgIpc) is 3.38. The summed E-state index contributed by atoms with van der Waals surface area (Å²) in [5.74, 6) is 0. The molecule has 0 bridgehead atoms. The first-order valence-corrected chi connectivity index (χ1v) is 13.7. The molecule has 5 rings (SSSR count). The number of anilines is 1. The van der Waals surface area contributed by atoms with Gasteiger partial charge in [0.05, 0.1) is 10.2 Å². The smallest absolute Gasteiger partial charge is 0.127 e. The third-order valence-electron chi connectivity index (χ3n) is 6.94. The lowest BCUT2D eigenvalue weighted by Gasteiger charge is -2.32. The van der Waals surface area contributed by atoms with Gasteiger partial charge < -0.3 is 20.2 Å². The molecule has 0 aliphatic carbocycles. The molecule has 33 heavy (non-hydrogen) atoms. The Bertz CT molecular complexity index is 1050. The maximum Gasteiger partial charge on any atom is 0.127 e. The molecule has 2 aromatic heterocycles. The minimum atomic E-state index is -0.556. The van der Waals surface area contributed by atoms with E-state index in [4.69, 9.17) is 4.98 Å². The number of rotatable bonds is 7. The van der Waals surface area contributed by atoms with Crippen LogP contribution in [0.4, 0.5) is 5.00 Å². The van der Waals surface area contributed by atoms with E-state index in [0.717, 1.165) is 74.2 Å². The highest BCUT2D eigenvalue weighted by Gasteiger charge is 2.28. The maximum atomic E-state index is 10.9. The number of likely N-dealkylation sites (N-methyl/N-ethyl adjacent to an activating group) is 1. The standard InChI is InChI=1S/C25H35N5OS2/c1-17(2)30-11-8-18-21(16-30)33-25(23(18)24-26-19-6-4-5-7-20(19)32-24)27-22(31)9-10-29-14-12-28(3)13-15-29/h4-7,17,22,27,31H,8-16H2,1-3H3. The summed E-state index contributed by atoms with van der Waals surface area (Å²) in [5, 5.41) is 16.6. The van der Waals surface area contributed by atoms with Gasteiger partial charge in [-0.15, -0.1) is 22.7 Å². The van der Waals surface area contributed by atoms with Crippen molar-refractivity contribution in [1.29, 1.82) is 0 Å². The fourth-order valence-electron chi connectivity index (χ4n) is 4.77. The molecule has 4 heterocycles. The molecule has 2 aliphatic heterocycles. The van der Waals surface area contributed by atoms with Gasteiger partial charge in [0.15, 0.2) is 0 Å². The summed E-state index contributed by atoms with van der Waals surface area (Å²) in [4.78, 5) is 13.8. The number of nitrogens with zero attached hydrogens (tertiary/aromatic N) is 4. The largest absolute Gasteiger partial charge is 0.374 e.